The Bertz CT molecular complexity index is 423. The molecule has 0 spiro atoms. The molecule has 0 aliphatic heterocycles. The molecule has 0 unspecified atom stereocenters. The fourth-order valence-electron chi connectivity index (χ4n) is 1.03. The molecule has 0 saturated heterocycles. The second-order valence-corrected chi connectivity index (χ2v) is 4.97. The number of hydrogen-bond acceptors (Lipinski definition) is 4. The van der Waals surface area contributed by atoms with Crippen LogP contribution in [0.2, 0.25) is 0 Å². The third-order valence-electron chi connectivity index (χ3n) is 2.06. The minimum Gasteiger partial charge on any atom is -0.396 e. The summed E-state index contributed by atoms with van der Waals surface area (Å²) in [5.74, 6) is -0.00694. The Morgan fingerprint density at radius 2 is 1.67 bits per heavy atom. The summed E-state index contributed by atoms with van der Waals surface area (Å²) < 4.78 is 29.2. The van der Waals surface area contributed by atoms with E-state index in [2.05, 4.69) is 6.58 Å². The Kier molecular flexibility index (Phi) is 8.23. The highest BCUT2D eigenvalue weighted by atomic mass is 32.2. The van der Waals surface area contributed by atoms with Crippen LogP contribution in [0.3, 0.4) is 0 Å². The number of rotatable bonds is 5. The van der Waals surface area contributed by atoms with Gasteiger partial charge in [-0.2, -0.15) is 8.42 Å². The molecule has 18 heavy (non-hydrogen) atoms. The van der Waals surface area contributed by atoms with E-state index < -0.39 is 10.1 Å². The van der Waals surface area contributed by atoms with Gasteiger partial charge in [0.05, 0.1) is 4.90 Å². The van der Waals surface area contributed by atoms with Crippen LogP contribution in [0.25, 0.3) is 0 Å². The molecule has 0 amide bonds. The molecule has 102 valence electrons. The lowest BCUT2D eigenvalue weighted by Gasteiger charge is -2.04. The Morgan fingerprint density at radius 1 is 1.17 bits per heavy atom. The molecule has 0 atom stereocenters. The predicted molar refractivity (Wildman–Crippen MR) is 68.7 cm³/mol. The van der Waals surface area contributed by atoms with Crippen LogP contribution in [0, 0.1) is 5.92 Å². The highest BCUT2D eigenvalue weighted by Crippen LogP contribution is 2.05. The molecule has 0 aliphatic rings. The van der Waals surface area contributed by atoms with Crippen LogP contribution in [0.15, 0.2) is 47.9 Å². The average molecular weight is 274 g/mol. The summed E-state index contributed by atoms with van der Waals surface area (Å²) in [5.41, 5.74) is 0. The van der Waals surface area contributed by atoms with Gasteiger partial charge in [0.15, 0.2) is 0 Å². The van der Waals surface area contributed by atoms with E-state index in [4.69, 9.17) is 14.8 Å². The van der Waals surface area contributed by atoms with E-state index in [0.717, 1.165) is 0 Å². The van der Waals surface area contributed by atoms with Gasteiger partial charge in [0.2, 0.25) is 0 Å². The zero-order chi connectivity index (χ0) is 14.0. The maximum absolute atomic E-state index is 10.4. The van der Waals surface area contributed by atoms with Crippen LogP contribution in [0.4, 0.5) is 0 Å². The second-order valence-electron chi connectivity index (χ2n) is 3.54. The van der Waals surface area contributed by atoms with Crippen molar-refractivity contribution in [2.24, 2.45) is 5.92 Å². The lowest BCUT2D eigenvalue weighted by atomic mass is 10.1. The average Bonchev–Trinajstić information content (AvgIpc) is 2.37. The maximum atomic E-state index is 10.4. The van der Waals surface area contributed by atoms with Crippen LogP contribution in [0.1, 0.15) is 6.42 Å². The molecule has 0 saturated carbocycles. The number of aliphatic hydroxyl groups is 2. The zero-order valence-corrected chi connectivity index (χ0v) is 10.8. The quantitative estimate of drug-likeness (QED) is 0.552. The van der Waals surface area contributed by atoms with Crippen molar-refractivity contribution < 1.29 is 23.2 Å². The third-order valence-corrected chi connectivity index (χ3v) is 2.93. The molecule has 1 aromatic rings. The molecule has 0 radical (unpaired) electrons. The Morgan fingerprint density at radius 3 is 1.89 bits per heavy atom. The van der Waals surface area contributed by atoms with Crippen molar-refractivity contribution in [3.8, 4) is 0 Å². The highest BCUT2D eigenvalue weighted by Gasteiger charge is 2.05. The summed E-state index contributed by atoms with van der Waals surface area (Å²) in [6.07, 6.45) is 2.38. The van der Waals surface area contributed by atoms with Crippen LogP contribution in [-0.2, 0) is 10.1 Å². The van der Waals surface area contributed by atoms with Gasteiger partial charge in [-0.25, -0.2) is 0 Å². The van der Waals surface area contributed by atoms with Crippen molar-refractivity contribution in [2.45, 2.75) is 11.3 Å². The van der Waals surface area contributed by atoms with E-state index in [1.165, 1.54) is 12.1 Å². The summed E-state index contributed by atoms with van der Waals surface area (Å²) in [6.45, 7) is 3.56. The van der Waals surface area contributed by atoms with Crippen LogP contribution in [0.5, 0.6) is 0 Å². The SMILES string of the molecule is C=CCC(CO)CO.O=S(=O)(O)c1ccccc1. The first-order chi connectivity index (χ1) is 8.45. The molecular weight excluding hydrogens is 256 g/mol. The molecule has 1 rings (SSSR count). The third kappa shape index (κ3) is 7.18. The molecule has 1 aromatic carbocycles. The van der Waals surface area contributed by atoms with Crippen molar-refractivity contribution in [3.05, 3.63) is 43.0 Å². The largest absolute Gasteiger partial charge is 0.396 e. The number of aliphatic hydroxyl groups excluding tert-OH is 2. The van der Waals surface area contributed by atoms with E-state index in [0.29, 0.717) is 6.42 Å². The van der Waals surface area contributed by atoms with Gasteiger partial charge in [0.1, 0.15) is 0 Å². The first kappa shape index (κ1) is 16.8. The molecule has 0 bridgehead atoms. The van der Waals surface area contributed by atoms with E-state index in [9.17, 15) is 8.42 Å². The monoisotopic (exact) mass is 274 g/mol. The topological polar surface area (TPSA) is 94.8 Å². The molecule has 0 fully saturated rings. The smallest absolute Gasteiger partial charge is 0.294 e. The van der Waals surface area contributed by atoms with Gasteiger partial charge >= 0.3 is 0 Å². The van der Waals surface area contributed by atoms with Crippen LogP contribution < -0.4 is 0 Å². The summed E-state index contributed by atoms with van der Waals surface area (Å²) in [5, 5.41) is 16.9. The lowest BCUT2D eigenvalue weighted by Crippen LogP contribution is -2.08. The van der Waals surface area contributed by atoms with E-state index in [-0.39, 0.29) is 24.0 Å². The van der Waals surface area contributed by atoms with Crippen molar-refractivity contribution in [1.29, 1.82) is 0 Å². The molecule has 6 heteroatoms. The number of hydrogen-bond donors (Lipinski definition) is 3. The molecule has 0 aromatic heterocycles. The van der Waals surface area contributed by atoms with Crippen molar-refractivity contribution >= 4 is 10.1 Å². The van der Waals surface area contributed by atoms with E-state index >= 15 is 0 Å². The minimum absolute atomic E-state index is 0.00694. The fourth-order valence-corrected chi connectivity index (χ4v) is 1.54. The first-order valence-electron chi connectivity index (χ1n) is 5.30. The minimum atomic E-state index is -4.00. The highest BCUT2D eigenvalue weighted by molar-refractivity contribution is 7.85. The molecular formula is C12H18O5S. The van der Waals surface area contributed by atoms with Gasteiger partial charge in [0, 0.05) is 19.1 Å². The van der Waals surface area contributed by atoms with Gasteiger partial charge < -0.3 is 10.2 Å². The first-order valence-corrected chi connectivity index (χ1v) is 6.74. The van der Waals surface area contributed by atoms with Crippen LogP contribution in [-0.4, -0.2) is 36.4 Å². The Labute approximate surface area is 107 Å². The summed E-state index contributed by atoms with van der Waals surface area (Å²) >= 11 is 0. The van der Waals surface area contributed by atoms with Gasteiger partial charge in [-0.1, -0.05) is 24.3 Å². The van der Waals surface area contributed by atoms with Gasteiger partial charge in [0.25, 0.3) is 10.1 Å². The molecule has 0 heterocycles. The lowest BCUT2D eigenvalue weighted by molar-refractivity contribution is 0.152. The Hall–Kier alpha value is -1.21. The maximum Gasteiger partial charge on any atom is 0.294 e. The zero-order valence-electron chi connectivity index (χ0n) is 9.94. The number of benzene rings is 1. The standard InChI is InChI=1S/C6H6O3S.C6H12O2/c7-10(8,9)6-4-2-1-3-5-6;1-2-3-6(4-7)5-8/h1-5H,(H,7,8,9);2,6-8H,1,3-5H2. The van der Waals surface area contributed by atoms with Gasteiger partial charge in [-0.15, -0.1) is 6.58 Å². The Balaban J connectivity index is 0.000000331. The second kappa shape index (κ2) is 8.82. The number of allylic oxidation sites excluding steroid dienone is 1. The van der Waals surface area contributed by atoms with Crippen LogP contribution >= 0.6 is 0 Å². The summed E-state index contributed by atoms with van der Waals surface area (Å²) in [7, 11) is -4.00. The van der Waals surface area contributed by atoms with Crippen molar-refractivity contribution in [2.75, 3.05) is 13.2 Å². The van der Waals surface area contributed by atoms with Gasteiger partial charge in [-0.05, 0) is 18.6 Å². The molecule has 5 nitrogen and oxygen atoms in total. The van der Waals surface area contributed by atoms with Crippen molar-refractivity contribution in [1.82, 2.24) is 0 Å². The normalized spacial score (nSPS) is 10.7. The van der Waals surface area contributed by atoms with E-state index in [1.807, 2.05) is 0 Å². The molecule has 3 N–H and O–H groups in total. The van der Waals surface area contributed by atoms with Gasteiger partial charge in [-0.3, -0.25) is 4.55 Å². The summed E-state index contributed by atoms with van der Waals surface area (Å²) in [4.78, 5) is -0.0741. The fraction of sp³-hybridized carbons (Fsp3) is 0.333. The predicted octanol–water partition coefficient (Wildman–Crippen LogP) is 1.10. The van der Waals surface area contributed by atoms with E-state index in [1.54, 1.807) is 24.3 Å². The van der Waals surface area contributed by atoms with Crippen molar-refractivity contribution in [3.63, 3.8) is 0 Å². The molecule has 0 aliphatic carbocycles. The summed E-state index contributed by atoms with van der Waals surface area (Å²) in [6, 6.07) is 7.42.